The first kappa shape index (κ1) is 18.0. The molecule has 0 N–H and O–H groups in total. The molecule has 2 aromatic carbocycles. The molecular weight excluding hydrogens is 302 g/mol. The van der Waals surface area contributed by atoms with Gasteiger partial charge in [-0.3, -0.25) is 0 Å². The van der Waals surface area contributed by atoms with Gasteiger partial charge < -0.3 is 4.90 Å². The Bertz CT molecular complexity index is 811. The predicted molar refractivity (Wildman–Crippen MR) is 110 cm³/mol. The quantitative estimate of drug-likeness (QED) is 0.588. The van der Waals surface area contributed by atoms with Crippen LogP contribution in [0.25, 0.3) is 0 Å². The highest BCUT2D eigenvalue weighted by atomic mass is 15.1. The molecule has 0 radical (unpaired) electrons. The lowest BCUT2D eigenvalue weighted by atomic mass is 9.63. The monoisotopic (exact) mass is 335 g/mol. The van der Waals surface area contributed by atoms with E-state index in [-0.39, 0.29) is 10.8 Å². The van der Waals surface area contributed by atoms with Crippen LogP contribution in [-0.2, 0) is 10.8 Å². The van der Waals surface area contributed by atoms with Crippen LogP contribution < -0.4 is 4.90 Å². The van der Waals surface area contributed by atoms with Gasteiger partial charge in [0.15, 0.2) is 0 Å². The highest BCUT2D eigenvalue weighted by molar-refractivity contribution is 5.69. The Kier molecular flexibility index (Phi) is 4.26. The molecule has 0 amide bonds. The van der Waals surface area contributed by atoms with Gasteiger partial charge in [-0.2, -0.15) is 0 Å². The molecular formula is C24H33N. The Labute approximate surface area is 154 Å². The Morgan fingerprint density at radius 1 is 0.800 bits per heavy atom. The van der Waals surface area contributed by atoms with Crippen molar-refractivity contribution in [3.63, 3.8) is 0 Å². The predicted octanol–water partition coefficient (Wildman–Crippen LogP) is 6.73. The van der Waals surface area contributed by atoms with Crippen molar-refractivity contribution >= 4 is 11.4 Å². The number of aryl methyl sites for hydroxylation is 2. The minimum absolute atomic E-state index is 0.249. The minimum Gasteiger partial charge on any atom is -0.344 e. The van der Waals surface area contributed by atoms with Crippen LogP contribution >= 0.6 is 0 Å². The average Bonchev–Trinajstić information content (AvgIpc) is 2.54. The molecule has 0 saturated carbocycles. The van der Waals surface area contributed by atoms with Crippen LogP contribution in [-0.4, -0.2) is 7.05 Å². The fourth-order valence-electron chi connectivity index (χ4n) is 4.29. The molecule has 1 nitrogen and oxygen atoms in total. The fraction of sp³-hybridized carbons (Fsp3) is 0.500. The second-order valence-electron chi connectivity index (χ2n) is 9.28. The Hall–Kier alpha value is -1.76. The normalized spacial score (nSPS) is 17.9. The molecule has 3 rings (SSSR count). The number of rotatable bonds is 2. The summed E-state index contributed by atoms with van der Waals surface area (Å²) >= 11 is 0. The van der Waals surface area contributed by atoms with Gasteiger partial charge in [-0.05, 0) is 90.5 Å². The molecule has 0 saturated heterocycles. The molecule has 0 heterocycles. The summed E-state index contributed by atoms with van der Waals surface area (Å²) in [6.07, 6.45) is 2.51. The van der Waals surface area contributed by atoms with Gasteiger partial charge >= 0.3 is 0 Å². The highest BCUT2D eigenvalue weighted by Crippen LogP contribution is 2.47. The molecule has 0 unspecified atom stereocenters. The zero-order valence-corrected chi connectivity index (χ0v) is 17.2. The third-order valence-corrected chi connectivity index (χ3v) is 6.37. The summed E-state index contributed by atoms with van der Waals surface area (Å²) in [5, 5.41) is 0. The summed E-state index contributed by atoms with van der Waals surface area (Å²) in [6, 6.07) is 11.7. The van der Waals surface area contributed by atoms with E-state index >= 15 is 0 Å². The van der Waals surface area contributed by atoms with Crippen molar-refractivity contribution in [2.75, 3.05) is 11.9 Å². The molecule has 25 heavy (non-hydrogen) atoms. The summed E-state index contributed by atoms with van der Waals surface area (Å²) in [5.41, 5.74) is 10.2. The lowest BCUT2D eigenvalue weighted by Gasteiger charge is -2.42. The molecule has 134 valence electrons. The van der Waals surface area contributed by atoms with Crippen LogP contribution in [0.5, 0.6) is 0 Å². The smallest absolute Gasteiger partial charge is 0.0443 e. The second-order valence-corrected chi connectivity index (χ2v) is 9.28. The average molecular weight is 336 g/mol. The van der Waals surface area contributed by atoms with Crippen LogP contribution in [0.15, 0.2) is 30.3 Å². The summed E-state index contributed by atoms with van der Waals surface area (Å²) in [4.78, 5) is 2.35. The zero-order chi connectivity index (χ0) is 18.6. The number of hydrogen-bond donors (Lipinski definition) is 0. The van der Waals surface area contributed by atoms with E-state index in [0.717, 1.165) is 0 Å². The maximum Gasteiger partial charge on any atom is 0.0443 e. The third-order valence-electron chi connectivity index (χ3n) is 6.37. The van der Waals surface area contributed by atoms with Crippen LogP contribution in [0, 0.1) is 20.8 Å². The van der Waals surface area contributed by atoms with Crippen molar-refractivity contribution < 1.29 is 0 Å². The molecule has 0 bridgehead atoms. The Balaban J connectivity index is 2.11. The van der Waals surface area contributed by atoms with Crippen molar-refractivity contribution in [1.29, 1.82) is 0 Å². The molecule has 2 aromatic rings. The van der Waals surface area contributed by atoms with Gasteiger partial charge in [-0.25, -0.2) is 0 Å². The maximum absolute atomic E-state index is 2.44. The van der Waals surface area contributed by atoms with Crippen LogP contribution in [0.2, 0.25) is 0 Å². The first-order chi connectivity index (χ1) is 11.5. The van der Waals surface area contributed by atoms with Gasteiger partial charge in [0.1, 0.15) is 0 Å². The number of nitrogens with zero attached hydrogens (tertiary/aromatic N) is 1. The lowest BCUT2D eigenvalue weighted by molar-refractivity contribution is 0.332. The summed E-state index contributed by atoms with van der Waals surface area (Å²) in [7, 11) is 2.20. The molecule has 0 aliphatic heterocycles. The number of benzene rings is 2. The number of anilines is 2. The van der Waals surface area contributed by atoms with Crippen LogP contribution in [0.1, 0.15) is 68.4 Å². The first-order valence-electron chi connectivity index (χ1n) is 9.49. The largest absolute Gasteiger partial charge is 0.344 e. The van der Waals surface area contributed by atoms with Crippen LogP contribution in [0.3, 0.4) is 0 Å². The van der Waals surface area contributed by atoms with Crippen molar-refractivity contribution in [3.05, 3.63) is 58.1 Å². The molecule has 1 aliphatic rings. The number of fused-ring (bicyclic) bond motifs is 1. The maximum atomic E-state index is 2.44. The van der Waals surface area contributed by atoms with Gasteiger partial charge in [0.25, 0.3) is 0 Å². The van der Waals surface area contributed by atoms with Crippen LogP contribution in [0.4, 0.5) is 11.4 Å². The molecule has 1 aliphatic carbocycles. The SMILES string of the molecule is Cc1cc(C)c(C)c(N(C)c2ccc3c(c2)C(C)(C)CCC3(C)C)c1. The van der Waals surface area contributed by atoms with Crippen molar-refractivity contribution in [2.45, 2.75) is 72.1 Å². The molecule has 1 heteroatoms. The number of hydrogen-bond acceptors (Lipinski definition) is 1. The first-order valence-corrected chi connectivity index (χ1v) is 9.49. The topological polar surface area (TPSA) is 3.24 Å². The van der Waals surface area contributed by atoms with Crippen molar-refractivity contribution in [2.24, 2.45) is 0 Å². The van der Waals surface area contributed by atoms with E-state index in [1.54, 1.807) is 0 Å². The summed E-state index contributed by atoms with van der Waals surface area (Å²) in [6.45, 7) is 16.2. The van der Waals surface area contributed by atoms with E-state index in [4.69, 9.17) is 0 Å². The minimum atomic E-state index is 0.249. The molecule has 0 atom stereocenters. The van der Waals surface area contributed by atoms with E-state index in [0.29, 0.717) is 0 Å². The Morgan fingerprint density at radius 3 is 2.04 bits per heavy atom. The second kappa shape index (κ2) is 5.90. The third kappa shape index (κ3) is 3.10. The molecule has 0 spiro atoms. The van der Waals surface area contributed by atoms with Gasteiger partial charge in [0.2, 0.25) is 0 Å². The van der Waals surface area contributed by atoms with E-state index in [1.807, 2.05) is 0 Å². The standard InChI is InChI=1S/C24H33N/c1-16-13-17(2)18(3)22(14-16)25(8)19-9-10-20-21(15-19)24(6,7)12-11-23(20,4)5/h9-10,13-15H,11-12H2,1-8H3. The Morgan fingerprint density at radius 2 is 1.40 bits per heavy atom. The van der Waals surface area contributed by atoms with Gasteiger partial charge in [-0.1, -0.05) is 39.8 Å². The van der Waals surface area contributed by atoms with E-state index in [1.165, 1.54) is 52.0 Å². The van der Waals surface area contributed by atoms with Crippen molar-refractivity contribution in [1.82, 2.24) is 0 Å². The van der Waals surface area contributed by atoms with Gasteiger partial charge in [0, 0.05) is 18.4 Å². The van der Waals surface area contributed by atoms with E-state index < -0.39 is 0 Å². The van der Waals surface area contributed by atoms with Gasteiger partial charge in [0.05, 0.1) is 0 Å². The van der Waals surface area contributed by atoms with Gasteiger partial charge in [-0.15, -0.1) is 0 Å². The van der Waals surface area contributed by atoms with E-state index in [9.17, 15) is 0 Å². The fourth-order valence-corrected chi connectivity index (χ4v) is 4.29. The zero-order valence-electron chi connectivity index (χ0n) is 17.2. The highest BCUT2D eigenvalue weighted by Gasteiger charge is 2.37. The van der Waals surface area contributed by atoms with Crippen molar-refractivity contribution in [3.8, 4) is 0 Å². The lowest BCUT2D eigenvalue weighted by Crippen LogP contribution is -2.34. The molecule has 0 fully saturated rings. The molecule has 0 aromatic heterocycles. The summed E-state index contributed by atoms with van der Waals surface area (Å²) < 4.78 is 0. The summed E-state index contributed by atoms with van der Waals surface area (Å²) in [5.74, 6) is 0. The van der Waals surface area contributed by atoms with E-state index in [2.05, 4.69) is 90.7 Å².